The Kier molecular flexibility index (Phi) is 2.86. The molecule has 0 atom stereocenters. The van der Waals surface area contributed by atoms with Crippen LogP contribution in [0.1, 0.15) is 50.8 Å². The average molecular weight is 247 g/mol. The Morgan fingerprint density at radius 3 is 2.61 bits per heavy atom. The van der Waals surface area contributed by atoms with Gasteiger partial charge in [0.05, 0.1) is 0 Å². The molecule has 0 unspecified atom stereocenters. The molecule has 0 radical (unpaired) electrons. The van der Waals surface area contributed by atoms with Crippen LogP contribution in [0.25, 0.3) is 0 Å². The molecule has 0 bridgehead atoms. The maximum atomic E-state index is 5.46. The van der Waals surface area contributed by atoms with Crippen LogP contribution in [0.5, 0.6) is 0 Å². The van der Waals surface area contributed by atoms with Crippen LogP contribution in [0.2, 0.25) is 0 Å². The molecule has 1 heterocycles. The molecule has 5 heteroatoms. The third kappa shape index (κ3) is 2.41. The maximum Gasteiger partial charge on any atom is 0.145 e. The van der Waals surface area contributed by atoms with Crippen molar-refractivity contribution >= 4 is 11.6 Å². The van der Waals surface area contributed by atoms with E-state index in [-0.39, 0.29) is 0 Å². The van der Waals surface area contributed by atoms with Crippen molar-refractivity contribution in [3.63, 3.8) is 0 Å². The van der Waals surface area contributed by atoms with Crippen molar-refractivity contribution in [2.45, 2.75) is 44.9 Å². The van der Waals surface area contributed by atoms with Crippen molar-refractivity contribution in [1.29, 1.82) is 0 Å². The molecule has 0 saturated heterocycles. The van der Waals surface area contributed by atoms with Gasteiger partial charge in [0.15, 0.2) is 0 Å². The Morgan fingerprint density at radius 2 is 2.06 bits per heavy atom. The fraction of sp³-hybridized carbons (Fsp3) is 0.692. The molecule has 2 fully saturated rings. The number of rotatable bonds is 5. The lowest BCUT2D eigenvalue weighted by Crippen LogP contribution is -2.33. The van der Waals surface area contributed by atoms with Crippen molar-refractivity contribution in [1.82, 2.24) is 9.97 Å². The van der Waals surface area contributed by atoms with Gasteiger partial charge in [0.25, 0.3) is 0 Å². The van der Waals surface area contributed by atoms with E-state index in [1.165, 1.54) is 32.1 Å². The molecule has 2 aliphatic carbocycles. The maximum absolute atomic E-state index is 5.46. The molecule has 1 aromatic heterocycles. The van der Waals surface area contributed by atoms with Crippen molar-refractivity contribution in [2.75, 3.05) is 17.3 Å². The lowest BCUT2D eigenvalue weighted by molar-refractivity contribution is 0.180. The zero-order valence-electron chi connectivity index (χ0n) is 10.9. The Hall–Kier alpha value is -1.36. The van der Waals surface area contributed by atoms with Crippen LogP contribution < -0.4 is 16.6 Å². The van der Waals surface area contributed by atoms with Crippen LogP contribution in [0, 0.1) is 5.41 Å². The van der Waals surface area contributed by atoms with Gasteiger partial charge in [0.2, 0.25) is 0 Å². The summed E-state index contributed by atoms with van der Waals surface area (Å²) in [7, 11) is 0. The minimum absolute atomic E-state index is 0.445. The molecule has 3 rings (SSSR count). The summed E-state index contributed by atoms with van der Waals surface area (Å²) in [5.41, 5.74) is 3.07. The summed E-state index contributed by atoms with van der Waals surface area (Å²) in [6.07, 6.45) is 6.37. The summed E-state index contributed by atoms with van der Waals surface area (Å²) in [6, 6.07) is 1.88. The van der Waals surface area contributed by atoms with E-state index >= 15 is 0 Å². The Bertz CT molecular complexity index is 437. The van der Waals surface area contributed by atoms with Gasteiger partial charge in [-0.15, -0.1) is 0 Å². The van der Waals surface area contributed by atoms with Crippen LogP contribution in [-0.4, -0.2) is 16.5 Å². The van der Waals surface area contributed by atoms with Crippen LogP contribution in [-0.2, 0) is 0 Å². The van der Waals surface area contributed by atoms with E-state index < -0.39 is 0 Å². The first-order valence-corrected chi connectivity index (χ1v) is 6.78. The van der Waals surface area contributed by atoms with Gasteiger partial charge in [0.1, 0.15) is 17.5 Å². The van der Waals surface area contributed by atoms with E-state index in [4.69, 9.17) is 5.84 Å². The highest BCUT2D eigenvalue weighted by Crippen LogP contribution is 2.41. The quantitative estimate of drug-likeness (QED) is 0.549. The summed E-state index contributed by atoms with van der Waals surface area (Å²) in [4.78, 5) is 8.99. The monoisotopic (exact) mass is 247 g/mol. The van der Waals surface area contributed by atoms with Gasteiger partial charge in [-0.1, -0.05) is 13.3 Å². The van der Waals surface area contributed by atoms with E-state index in [9.17, 15) is 0 Å². The largest absolute Gasteiger partial charge is 0.369 e. The van der Waals surface area contributed by atoms with Crippen LogP contribution in [0.15, 0.2) is 6.07 Å². The topological polar surface area (TPSA) is 75.9 Å². The molecule has 4 N–H and O–H groups in total. The molecule has 0 aliphatic heterocycles. The molecule has 2 aliphatic rings. The van der Waals surface area contributed by atoms with Gasteiger partial charge >= 0.3 is 0 Å². The first-order valence-electron chi connectivity index (χ1n) is 6.78. The Balaban J connectivity index is 1.71. The van der Waals surface area contributed by atoms with E-state index in [0.29, 0.717) is 17.2 Å². The fourth-order valence-electron chi connectivity index (χ4n) is 2.42. The van der Waals surface area contributed by atoms with Gasteiger partial charge in [-0.3, -0.25) is 0 Å². The number of nitrogen functional groups attached to an aromatic ring is 1. The zero-order chi connectivity index (χ0) is 12.6. The van der Waals surface area contributed by atoms with Gasteiger partial charge in [-0.05, 0) is 31.1 Å². The first-order chi connectivity index (χ1) is 8.68. The van der Waals surface area contributed by atoms with Crippen molar-refractivity contribution in [3.05, 3.63) is 11.9 Å². The molecule has 0 amide bonds. The molecule has 2 saturated carbocycles. The predicted molar refractivity (Wildman–Crippen MR) is 72.3 cm³/mol. The average Bonchev–Trinajstić information content (AvgIpc) is 3.18. The molecule has 98 valence electrons. The second-order valence-corrected chi connectivity index (χ2v) is 5.93. The summed E-state index contributed by atoms with van der Waals surface area (Å²) >= 11 is 0. The van der Waals surface area contributed by atoms with Gasteiger partial charge in [-0.25, -0.2) is 15.8 Å². The van der Waals surface area contributed by atoms with E-state index in [1.54, 1.807) is 0 Å². The third-order valence-corrected chi connectivity index (χ3v) is 4.09. The predicted octanol–water partition coefficient (Wildman–Crippen LogP) is 2.24. The van der Waals surface area contributed by atoms with Gasteiger partial charge in [-0.2, -0.15) is 0 Å². The van der Waals surface area contributed by atoms with Crippen LogP contribution >= 0.6 is 0 Å². The summed E-state index contributed by atoms with van der Waals surface area (Å²) < 4.78 is 0. The summed E-state index contributed by atoms with van der Waals surface area (Å²) in [5.74, 6) is 8.52. The zero-order valence-corrected chi connectivity index (χ0v) is 10.9. The highest BCUT2D eigenvalue weighted by Gasteiger charge is 2.32. The standard InChI is InChI=1S/C13H21N5/c1-13(5-2-6-13)8-15-10-7-11(18-14)17-12(16-10)9-3-4-9/h7,9H,2-6,8,14H2,1H3,(H2,15,16,17,18). The van der Waals surface area contributed by atoms with Crippen molar-refractivity contribution in [3.8, 4) is 0 Å². The van der Waals surface area contributed by atoms with Crippen LogP contribution in [0.3, 0.4) is 0 Å². The lowest BCUT2D eigenvalue weighted by atomic mass is 9.70. The minimum atomic E-state index is 0.445. The molecular formula is C13H21N5. The molecule has 0 spiro atoms. The Morgan fingerprint density at radius 1 is 1.33 bits per heavy atom. The van der Waals surface area contributed by atoms with Gasteiger partial charge < -0.3 is 10.7 Å². The van der Waals surface area contributed by atoms with Crippen molar-refractivity contribution in [2.24, 2.45) is 11.3 Å². The van der Waals surface area contributed by atoms with Crippen molar-refractivity contribution < 1.29 is 0 Å². The number of hydrogen-bond acceptors (Lipinski definition) is 5. The molecule has 18 heavy (non-hydrogen) atoms. The number of hydrogen-bond donors (Lipinski definition) is 3. The number of nitrogens with zero attached hydrogens (tertiary/aromatic N) is 2. The molecule has 1 aromatic rings. The second kappa shape index (κ2) is 4.39. The number of aromatic nitrogens is 2. The number of nitrogens with two attached hydrogens (primary N) is 1. The van der Waals surface area contributed by atoms with Gasteiger partial charge in [0, 0.05) is 18.5 Å². The molecular weight excluding hydrogens is 226 g/mol. The Labute approximate surface area is 108 Å². The minimum Gasteiger partial charge on any atom is -0.369 e. The first kappa shape index (κ1) is 11.7. The number of nitrogens with one attached hydrogen (secondary N) is 2. The number of hydrazine groups is 1. The smallest absolute Gasteiger partial charge is 0.145 e. The third-order valence-electron chi connectivity index (χ3n) is 4.09. The SMILES string of the molecule is CC1(CNc2cc(NN)nc(C3CC3)n2)CCC1. The van der Waals surface area contributed by atoms with Crippen LogP contribution in [0.4, 0.5) is 11.6 Å². The highest BCUT2D eigenvalue weighted by molar-refractivity contribution is 5.47. The normalized spacial score (nSPS) is 21.2. The van der Waals surface area contributed by atoms with E-state index in [0.717, 1.165) is 18.2 Å². The lowest BCUT2D eigenvalue weighted by Gasteiger charge is -2.38. The van der Waals surface area contributed by atoms with E-state index in [2.05, 4.69) is 27.6 Å². The summed E-state index contributed by atoms with van der Waals surface area (Å²) in [6.45, 7) is 3.31. The second-order valence-electron chi connectivity index (χ2n) is 5.93. The summed E-state index contributed by atoms with van der Waals surface area (Å²) in [5, 5.41) is 3.44. The highest BCUT2D eigenvalue weighted by atomic mass is 15.3. The van der Waals surface area contributed by atoms with E-state index in [1.807, 2.05) is 6.07 Å². The fourth-order valence-corrected chi connectivity index (χ4v) is 2.42. The number of anilines is 2. The molecule has 5 nitrogen and oxygen atoms in total. The molecule has 0 aromatic carbocycles.